The van der Waals surface area contributed by atoms with Crippen LogP contribution < -0.4 is 4.90 Å². The molecule has 1 amide bonds. The van der Waals surface area contributed by atoms with Crippen molar-refractivity contribution >= 4 is 28.5 Å². The Morgan fingerprint density at radius 3 is 2.67 bits per heavy atom. The predicted octanol–water partition coefficient (Wildman–Crippen LogP) is 2.63. The lowest BCUT2D eigenvalue weighted by molar-refractivity contribution is -0.140. The summed E-state index contributed by atoms with van der Waals surface area (Å²) in [5, 5.41) is 10.1. The SMILES string of the molecule is CC(C)(O)c1cnc(N2C[C@@]3(CCC[C@](C)(Cn4ccc5ncncc54)C3)C(=O)C2=O)cn1. The minimum absolute atomic E-state index is 0.150. The van der Waals surface area contributed by atoms with Crippen LogP contribution in [0.1, 0.15) is 52.1 Å². The molecule has 1 saturated heterocycles. The third kappa shape index (κ3) is 3.70. The van der Waals surface area contributed by atoms with Gasteiger partial charge in [-0.1, -0.05) is 13.3 Å². The van der Waals surface area contributed by atoms with E-state index in [1.54, 1.807) is 20.2 Å². The summed E-state index contributed by atoms with van der Waals surface area (Å²) < 4.78 is 2.15. The van der Waals surface area contributed by atoms with Gasteiger partial charge < -0.3 is 9.67 Å². The molecule has 1 saturated carbocycles. The standard InChI is InChI=1S/C24H28N6O3/c1-22(2,33)18-10-27-19(11-26-18)30-14-24(20(31)21(30)32)7-4-6-23(3,12-24)13-29-8-5-16-17(29)9-25-15-28-16/h5,8-11,15,33H,4,6-7,12-14H2,1-3H3/t23-,24-/m0/s1. The minimum atomic E-state index is -1.13. The molecule has 172 valence electrons. The minimum Gasteiger partial charge on any atom is -0.384 e. The third-order valence-corrected chi connectivity index (χ3v) is 7.12. The molecule has 9 nitrogen and oxygen atoms in total. The van der Waals surface area contributed by atoms with Crippen molar-refractivity contribution in [1.29, 1.82) is 0 Å². The fraction of sp³-hybridized carbons (Fsp3) is 0.500. The number of hydrogen-bond acceptors (Lipinski definition) is 7. The lowest BCUT2D eigenvalue weighted by Crippen LogP contribution is -2.42. The van der Waals surface area contributed by atoms with Crippen molar-refractivity contribution in [2.75, 3.05) is 11.4 Å². The zero-order valence-electron chi connectivity index (χ0n) is 19.2. The Bertz CT molecular complexity index is 1230. The highest BCUT2D eigenvalue weighted by Crippen LogP contribution is 2.51. The molecule has 3 aromatic rings. The second kappa shape index (κ2) is 7.41. The van der Waals surface area contributed by atoms with E-state index in [4.69, 9.17) is 0 Å². The first-order valence-electron chi connectivity index (χ1n) is 11.3. The number of nitrogens with zero attached hydrogens (tertiary/aromatic N) is 6. The van der Waals surface area contributed by atoms with Crippen molar-refractivity contribution in [3.05, 3.63) is 42.9 Å². The Hall–Kier alpha value is -3.20. The zero-order valence-corrected chi connectivity index (χ0v) is 19.2. The lowest BCUT2D eigenvalue weighted by atomic mass is 9.61. The molecule has 3 aromatic heterocycles. The van der Waals surface area contributed by atoms with Crippen molar-refractivity contribution in [3.63, 3.8) is 0 Å². The molecule has 4 heterocycles. The van der Waals surface area contributed by atoms with Gasteiger partial charge in [-0.15, -0.1) is 0 Å². The highest BCUT2D eigenvalue weighted by Gasteiger charge is 2.56. The Morgan fingerprint density at radius 2 is 1.94 bits per heavy atom. The van der Waals surface area contributed by atoms with Crippen LogP contribution in [0.25, 0.3) is 11.0 Å². The maximum Gasteiger partial charge on any atom is 0.296 e. The van der Waals surface area contributed by atoms with Crippen LogP contribution >= 0.6 is 0 Å². The van der Waals surface area contributed by atoms with Gasteiger partial charge in [0.25, 0.3) is 5.91 Å². The fourth-order valence-corrected chi connectivity index (χ4v) is 5.54. The smallest absolute Gasteiger partial charge is 0.296 e. The van der Waals surface area contributed by atoms with Gasteiger partial charge in [0, 0.05) is 19.3 Å². The number of fused-ring (bicyclic) bond motifs is 1. The van der Waals surface area contributed by atoms with Gasteiger partial charge in [0.05, 0.1) is 40.7 Å². The van der Waals surface area contributed by atoms with E-state index >= 15 is 0 Å². The summed E-state index contributed by atoms with van der Waals surface area (Å²) in [6.45, 7) is 6.49. The van der Waals surface area contributed by atoms with Crippen LogP contribution in [-0.4, -0.2) is 47.8 Å². The van der Waals surface area contributed by atoms with Crippen LogP contribution in [0, 0.1) is 10.8 Å². The van der Waals surface area contributed by atoms with Crippen molar-refractivity contribution in [2.24, 2.45) is 10.8 Å². The van der Waals surface area contributed by atoms with Crippen molar-refractivity contribution in [2.45, 2.75) is 58.6 Å². The summed E-state index contributed by atoms with van der Waals surface area (Å²) in [4.78, 5) is 44.8. The number of Topliss-reactive ketones (excluding diaryl/α,β-unsaturated/α-hetero) is 1. The van der Waals surface area contributed by atoms with Gasteiger partial charge in [-0.25, -0.2) is 15.0 Å². The highest BCUT2D eigenvalue weighted by atomic mass is 16.3. The maximum absolute atomic E-state index is 13.3. The van der Waals surface area contributed by atoms with Gasteiger partial charge in [0.1, 0.15) is 11.9 Å². The molecule has 9 heteroatoms. The number of anilines is 1. The second-order valence-electron chi connectivity index (χ2n) is 10.4. The van der Waals surface area contributed by atoms with Gasteiger partial charge in [-0.2, -0.15) is 0 Å². The van der Waals surface area contributed by atoms with Crippen LogP contribution in [0.15, 0.2) is 37.2 Å². The van der Waals surface area contributed by atoms with E-state index in [1.165, 1.54) is 17.3 Å². The van der Waals surface area contributed by atoms with Crippen LogP contribution in [0.5, 0.6) is 0 Å². The number of aromatic nitrogens is 5. The number of carbonyl (C=O) groups is 2. The Kier molecular flexibility index (Phi) is 4.86. The van der Waals surface area contributed by atoms with Crippen LogP contribution in [0.4, 0.5) is 5.82 Å². The summed E-state index contributed by atoms with van der Waals surface area (Å²) in [6, 6.07) is 1.97. The number of amides is 1. The van der Waals surface area contributed by atoms with E-state index in [9.17, 15) is 14.7 Å². The van der Waals surface area contributed by atoms with E-state index in [1.807, 2.05) is 18.5 Å². The normalized spacial score (nSPS) is 26.0. The Balaban J connectivity index is 1.40. The summed E-state index contributed by atoms with van der Waals surface area (Å²) in [7, 11) is 0. The second-order valence-corrected chi connectivity index (χ2v) is 10.4. The van der Waals surface area contributed by atoms with Crippen molar-refractivity contribution in [3.8, 4) is 0 Å². The molecule has 33 heavy (non-hydrogen) atoms. The molecule has 5 rings (SSSR count). The number of hydrogen-bond donors (Lipinski definition) is 1. The molecule has 1 aliphatic heterocycles. The van der Waals surface area contributed by atoms with Gasteiger partial charge in [-0.05, 0) is 44.6 Å². The number of ketones is 1. The summed E-state index contributed by atoms with van der Waals surface area (Å²) in [6.07, 6.45) is 11.5. The molecule has 2 atom stereocenters. The average Bonchev–Trinajstić information content (AvgIpc) is 3.28. The molecule has 1 aliphatic carbocycles. The molecule has 1 spiro atoms. The average molecular weight is 449 g/mol. The Morgan fingerprint density at radius 1 is 1.12 bits per heavy atom. The van der Waals surface area contributed by atoms with Crippen LogP contribution in [-0.2, 0) is 21.7 Å². The molecule has 2 aliphatic rings. The molecule has 0 bridgehead atoms. The largest absolute Gasteiger partial charge is 0.384 e. The summed E-state index contributed by atoms with van der Waals surface area (Å²) >= 11 is 0. The number of rotatable bonds is 4. The number of carbonyl (C=O) groups excluding carboxylic acids is 2. The van der Waals surface area contributed by atoms with E-state index in [-0.39, 0.29) is 11.2 Å². The molecule has 0 aromatic carbocycles. The molecule has 2 fully saturated rings. The molecule has 1 N–H and O–H groups in total. The summed E-state index contributed by atoms with van der Waals surface area (Å²) in [5.41, 5.74) is 0.271. The third-order valence-electron chi connectivity index (χ3n) is 7.12. The maximum atomic E-state index is 13.3. The zero-order chi connectivity index (χ0) is 23.4. The molecular weight excluding hydrogens is 420 g/mol. The lowest BCUT2D eigenvalue weighted by Gasteiger charge is -2.43. The number of aliphatic hydroxyl groups is 1. The molecule has 0 radical (unpaired) electrons. The van der Waals surface area contributed by atoms with Crippen molar-refractivity contribution in [1.82, 2.24) is 24.5 Å². The van der Waals surface area contributed by atoms with E-state index in [0.29, 0.717) is 30.9 Å². The fourth-order valence-electron chi connectivity index (χ4n) is 5.54. The topological polar surface area (TPSA) is 114 Å². The van der Waals surface area contributed by atoms with Crippen LogP contribution in [0.2, 0.25) is 0 Å². The van der Waals surface area contributed by atoms with Gasteiger partial charge in [-0.3, -0.25) is 19.5 Å². The van der Waals surface area contributed by atoms with E-state index in [0.717, 1.165) is 30.4 Å². The van der Waals surface area contributed by atoms with Crippen LogP contribution in [0.3, 0.4) is 0 Å². The van der Waals surface area contributed by atoms with Crippen molar-refractivity contribution < 1.29 is 14.7 Å². The highest BCUT2D eigenvalue weighted by molar-refractivity contribution is 6.45. The molecule has 0 unspecified atom stereocenters. The predicted molar refractivity (Wildman–Crippen MR) is 121 cm³/mol. The quantitative estimate of drug-likeness (QED) is 0.610. The monoisotopic (exact) mass is 448 g/mol. The molecular formula is C24H28N6O3. The summed E-state index contributed by atoms with van der Waals surface area (Å²) in [5.74, 6) is -0.508. The first-order valence-corrected chi connectivity index (χ1v) is 11.3. The van der Waals surface area contributed by atoms with E-state index < -0.39 is 16.9 Å². The van der Waals surface area contributed by atoms with Gasteiger partial charge >= 0.3 is 0 Å². The first kappa shape index (κ1) is 21.6. The van der Waals surface area contributed by atoms with Gasteiger partial charge in [0.15, 0.2) is 5.82 Å². The van der Waals surface area contributed by atoms with E-state index in [2.05, 4.69) is 31.4 Å². The Labute approximate surface area is 191 Å². The van der Waals surface area contributed by atoms with Gasteiger partial charge in [0.2, 0.25) is 5.78 Å². The first-order chi connectivity index (χ1) is 15.6.